The van der Waals surface area contributed by atoms with Crippen LogP contribution in [0.15, 0.2) is 48.7 Å². The van der Waals surface area contributed by atoms with E-state index in [1.54, 1.807) is 6.20 Å². The number of piperazine rings is 1. The molecule has 0 aliphatic carbocycles. The van der Waals surface area contributed by atoms with Crippen LogP contribution in [0.1, 0.15) is 31.2 Å². The van der Waals surface area contributed by atoms with Crippen molar-refractivity contribution in [1.29, 1.82) is 0 Å². The summed E-state index contributed by atoms with van der Waals surface area (Å²) in [7, 11) is 2.14. The molecule has 1 saturated heterocycles. The second-order valence-corrected chi connectivity index (χ2v) is 6.94. The summed E-state index contributed by atoms with van der Waals surface area (Å²) < 4.78 is 0. The van der Waals surface area contributed by atoms with Gasteiger partial charge in [0.1, 0.15) is 5.82 Å². The first kappa shape index (κ1) is 18.4. The highest BCUT2D eigenvalue weighted by atomic mass is 16.1. The summed E-state index contributed by atoms with van der Waals surface area (Å²) in [6.07, 6.45) is 3.57. The van der Waals surface area contributed by atoms with Crippen molar-refractivity contribution in [3.05, 3.63) is 54.2 Å². The van der Waals surface area contributed by atoms with Gasteiger partial charge in [-0.2, -0.15) is 0 Å². The predicted molar refractivity (Wildman–Crippen MR) is 107 cm³/mol. The molecular formula is C21H28N4O. The molecule has 1 N–H and O–H groups in total. The zero-order valence-electron chi connectivity index (χ0n) is 15.7. The Morgan fingerprint density at radius 1 is 1.12 bits per heavy atom. The summed E-state index contributed by atoms with van der Waals surface area (Å²) >= 11 is 0. The molecule has 0 spiro atoms. The van der Waals surface area contributed by atoms with Gasteiger partial charge in [-0.3, -0.25) is 4.79 Å². The second-order valence-electron chi connectivity index (χ2n) is 6.94. The van der Waals surface area contributed by atoms with Crippen LogP contribution in [0.25, 0.3) is 0 Å². The number of carbonyl (C=O) groups excluding carboxylic acids is 1. The average molecular weight is 352 g/mol. The number of hydrogen-bond donors (Lipinski definition) is 1. The number of anilines is 2. The minimum absolute atomic E-state index is 0.0344. The molecule has 5 heteroatoms. The van der Waals surface area contributed by atoms with E-state index >= 15 is 0 Å². The summed E-state index contributed by atoms with van der Waals surface area (Å²) in [5.74, 6) is 0.884. The van der Waals surface area contributed by atoms with Crippen LogP contribution in [0.4, 0.5) is 11.5 Å². The number of likely N-dealkylation sites (N-methyl/N-ethyl adjacent to an activating group) is 1. The largest absolute Gasteiger partial charge is 0.354 e. The molecule has 3 rings (SSSR count). The maximum Gasteiger partial charge on any atom is 0.231 e. The molecule has 0 saturated carbocycles. The van der Waals surface area contributed by atoms with Crippen LogP contribution < -0.4 is 10.2 Å². The number of carbonyl (C=O) groups is 1. The monoisotopic (exact) mass is 352 g/mol. The Hall–Kier alpha value is -2.40. The summed E-state index contributed by atoms with van der Waals surface area (Å²) in [6, 6.07) is 13.9. The second kappa shape index (κ2) is 8.81. The van der Waals surface area contributed by atoms with Crippen molar-refractivity contribution in [3.8, 4) is 0 Å². The lowest BCUT2D eigenvalue weighted by atomic mass is 9.93. The molecule has 26 heavy (non-hydrogen) atoms. The summed E-state index contributed by atoms with van der Waals surface area (Å²) in [4.78, 5) is 21.9. The predicted octanol–water partition coefficient (Wildman–Crippen LogP) is 3.36. The standard InChI is InChI=1S/C21H28N4O/c1-3-7-19(17-8-5-4-6-9-17)21(26)23-18-10-11-20(22-16-18)25-14-12-24(2)13-15-25/h4-6,8-11,16,19H,3,7,12-15H2,1-2H3,(H,23,26). The van der Waals surface area contributed by atoms with Gasteiger partial charge in [0.15, 0.2) is 0 Å². The van der Waals surface area contributed by atoms with Gasteiger partial charge in [-0.15, -0.1) is 0 Å². The number of nitrogens with one attached hydrogen (secondary N) is 1. The number of aromatic nitrogens is 1. The maximum atomic E-state index is 12.8. The topological polar surface area (TPSA) is 48.5 Å². The van der Waals surface area contributed by atoms with Crippen LogP contribution in [-0.2, 0) is 4.79 Å². The zero-order chi connectivity index (χ0) is 18.4. The number of nitrogens with zero attached hydrogens (tertiary/aromatic N) is 3. The third kappa shape index (κ3) is 4.61. The van der Waals surface area contributed by atoms with E-state index in [2.05, 4.69) is 34.1 Å². The Kier molecular flexibility index (Phi) is 6.23. The van der Waals surface area contributed by atoms with Gasteiger partial charge in [-0.05, 0) is 31.2 Å². The molecular weight excluding hydrogens is 324 g/mol. The van der Waals surface area contributed by atoms with Crippen LogP contribution in [0.3, 0.4) is 0 Å². The fourth-order valence-electron chi connectivity index (χ4n) is 3.34. The molecule has 0 radical (unpaired) electrons. The van der Waals surface area contributed by atoms with E-state index < -0.39 is 0 Å². The first-order valence-electron chi connectivity index (χ1n) is 9.42. The molecule has 1 aliphatic rings. The SMILES string of the molecule is CCCC(C(=O)Nc1ccc(N2CCN(C)CC2)nc1)c1ccccc1. The Morgan fingerprint density at radius 3 is 2.46 bits per heavy atom. The van der Waals surface area contributed by atoms with E-state index in [1.807, 2.05) is 42.5 Å². The summed E-state index contributed by atoms with van der Waals surface area (Å²) in [5.41, 5.74) is 1.82. The normalized spacial score (nSPS) is 16.3. The molecule has 1 aliphatic heterocycles. The third-order valence-electron chi connectivity index (χ3n) is 4.94. The van der Waals surface area contributed by atoms with Gasteiger partial charge < -0.3 is 15.1 Å². The number of amides is 1. The van der Waals surface area contributed by atoms with Crippen molar-refractivity contribution >= 4 is 17.4 Å². The van der Waals surface area contributed by atoms with Crippen LogP contribution in [-0.4, -0.2) is 49.0 Å². The number of benzene rings is 1. The lowest BCUT2D eigenvalue weighted by molar-refractivity contribution is -0.117. The molecule has 1 aromatic carbocycles. The zero-order valence-corrected chi connectivity index (χ0v) is 15.7. The lowest BCUT2D eigenvalue weighted by Gasteiger charge is -2.33. The van der Waals surface area contributed by atoms with E-state index in [9.17, 15) is 4.79 Å². The van der Waals surface area contributed by atoms with Gasteiger partial charge in [-0.25, -0.2) is 4.98 Å². The van der Waals surface area contributed by atoms with Gasteiger partial charge >= 0.3 is 0 Å². The Labute approximate surface area is 156 Å². The van der Waals surface area contributed by atoms with Crippen LogP contribution in [0.2, 0.25) is 0 Å². The first-order valence-corrected chi connectivity index (χ1v) is 9.42. The van der Waals surface area contributed by atoms with Gasteiger partial charge in [0.2, 0.25) is 5.91 Å². The average Bonchev–Trinajstić information content (AvgIpc) is 2.68. The van der Waals surface area contributed by atoms with Gasteiger partial charge in [0.05, 0.1) is 17.8 Å². The van der Waals surface area contributed by atoms with E-state index in [0.29, 0.717) is 0 Å². The third-order valence-corrected chi connectivity index (χ3v) is 4.94. The summed E-state index contributed by atoms with van der Waals surface area (Å²) in [6.45, 7) is 6.19. The van der Waals surface area contributed by atoms with Crippen molar-refractivity contribution in [3.63, 3.8) is 0 Å². The van der Waals surface area contributed by atoms with Crippen LogP contribution >= 0.6 is 0 Å². The van der Waals surface area contributed by atoms with Crippen molar-refractivity contribution < 1.29 is 4.79 Å². The van der Waals surface area contributed by atoms with Crippen molar-refractivity contribution in [2.24, 2.45) is 0 Å². The lowest BCUT2D eigenvalue weighted by Crippen LogP contribution is -2.44. The Morgan fingerprint density at radius 2 is 1.85 bits per heavy atom. The molecule has 5 nitrogen and oxygen atoms in total. The number of hydrogen-bond acceptors (Lipinski definition) is 4. The highest BCUT2D eigenvalue weighted by Gasteiger charge is 2.20. The highest BCUT2D eigenvalue weighted by molar-refractivity contribution is 5.95. The first-order chi connectivity index (χ1) is 12.7. The van der Waals surface area contributed by atoms with Crippen molar-refractivity contribution in [2.45, 2.75) is 25.7 Å². The van der Waals surface area contributed by atoms with Gasteiger partial charge in [-0.1, -0.05) is 43.7 Å². The minimum atomic E-state index is -0.126. The van der Waals surface area contributed by atoms with Crippen LogP contribution in [0.5, 0.6) is 0 Å². The van der Waals surface area contributed by atoms with E-state index in [4.69, 9.17) is 0 Å². The molecule has 2 heterocycles. The van der Waals surface area contributed by atoms with E-state index in [1.165, 1.54) is 0 Å². The number of rotatable bonds is 6. The van der Waals surface area contributed by atoms with Crippen molar-refractivity contribution in [1.82, 2.24) is 9.88 Å². The fraction of sp³-hybridized carbons (Fsp3) is 0.429. The molecule has 1 atom stereocenters. The van der Waals surface area contributed by atoms with Crippen molar-refractivity contribution in [2.75, 3.05) is 43.4 Å². The molecule has 138 valence electrons. The van der Waals surface area contributed by atoms with E-state index in [-0.39, 0.29) is 11.8 Å². The molecule has 1 fully saturated rings. The van der Waals surface area contributed by atoms with Gasteiger partial charge in [0, 0.05) is 26.2 Å². The minimum Gasteiger partial charge on any atom is -0.354 e. The molecule has 1 aromatic heterocycles. The smallest absolute Gasteiger partial charge is 0.231 e. The maximum absolute atomic E-state index is 12.8. The van der Waals surface area contributed by atoms with E-state index in [0.717, 1.165) is 56.1 Å². The Bertz CT molecular complexity index is 694. The highest BCUT2D eigenvalue weighted by Crippen LogP contribution is 2.24. The molecule has 2 aromatic rings. The Balaban J connectivity index is 1.65. The quantitative estimate of drug-likeness (QED) is 0.866. The van der Waals surface area contributed by atoms with Crippen LogP contribution in [0, 0.1) is 0 Å². The molecule has 1 unspecified atom stereocenters. The van der Waals surface area contributed by atoms with Gasteiger partial charge in [0.25, 0.3) is 0 Å². The fourth-order valence-corrected chi connectivity index (χ4v) is 3.34. The summed E-state index contributed by atoms with van der Waals surface area (Å²) in [5, 5.41) is 3.03. The molecule has 1 amide bonds. The molecule has 0 bridgehead atoms. The number of pyridine rings is 1.